The molecule has 0 aliphatic rings. The minimum Gasteiger partial charge on any atom is -0.462 e. The summed E-state index contributed by atoms with van der Waals surface area (Å²) in [6, 6.07) is 0. The van der Waals surface area contributed by atoms with Crippen molar-refractivity contribution in [1.82, 2.24) is 0 Å². The van der Waals surface area contributed by atoms with E-state index in [0.29, 0.717) is 12.8 Å². The van der Waals surface area contributed by atoms with Crippen LogP contribution in [0.15, 0.2) is 122 Å². The summed E-state index contributed by atoms with van der Waals surface area (Å²) in [7, 11) is -4.71. The van der Waals surface area contributed by atoms with E-state index in [1.807, 2.05) is 18.2 Å². The topological polar surface area (TPSA) is 169 Å². The fraction of sp³-hybridized carbons (Fsp3) is 0.542. The van der Waals surface area contributed by atoms with Gasteiger partial charge in [-0.2, -0.15) is 0 Å². The van der Waals surface area contributed by atoms with E-state index in [9.17, 15) is 29.3 Å². The van der Waals surface area contributed by atoms with Crippen LogP contribution in [0.5, 0.6) is 0 Å². The van der Waals surface area contributed by atoms with Crippen LogP contribution in [-0.4, -0.2) is 76.9 Å². The summed E-state index contributed by atoms with van der Waals surface area (Å²) in [5, 5.41) is 28.6. The number of carbonyl (C=O) groups excluding carboxylic acids is 2. The Hall–Kier alpha value is -3.67. The summed E-state index contributed by atoms with van der Waals surface area (Å²) in [5.74, 6) is -1.29. The third-order valence-corrected chi connectivity index (χ3v) is 9.17. The molecule has 0 aliphatic heterocycles. The Morgan fingerprint density at radius 1 is 0.583 bits per heavy atom. The second-order valence-electron chi connectivity index (χ2n) is 13.8. The molecule has 11 nitrogen and oxygen atoms in total. The van der Waals surface area contributed by atoms with E-state index < -0.39 is 64.5 Å². The van der Waals surface area contributed by atoms with E-state index in [1.165, 1.54) is 19.3 Å². The van der Waals surface area contributed by atoms with Crippen LogP contribution < -0.4 is 0 Å². The molecule has 60 heavy (non-hydrogen) atoms. The van der Waals surface area contributed by atoms with Gasteiger partial charge in [0, 0.05) is 12.8 Å². The molecule has 4 atom stereocenters. The predicted octanol–water partition coefficient (Wildman–Crippen LogP) is 10.5. The highest BCUT2D eigenvalue weighted by Gasteiger charge is 2.27. The number of allylic oxidation sites excluding steroid dienone is 19. The van der Waals surface area contributed by atoms with Crippen LogP contribution in [0.1, 0.15) is 123 Å². The minimum absolute atomic E-state index is 0.0472. The smallest absolute Gasteiger partial charge is 0.462 e. The van der Waals surface area contributed by atoms with Crippen LogP contribution in [0.25, 0.3) is 0 Å². The van der Waals surface area contributed by atoms with Crippen molar-refractivity contribution in [2.24, 2.45) is 0 Å². The summed E-state index contributed by atoms with van der Waals surface area (Å²) in [6.07, 6.45) is 50.7. The van der Waals surface area contributed by atoms with Crippen molar-refractivity contribution in [2.75, 3.05) is 26.4 Å². The lowest BCUT2D eigenvalue weighted by molar-refractivity contribution is -0.161. The number of aliphatic hydroxyl groups is 3. The molecule has 0 saturated carbocycles. The molecule has 0 radical (unpaired) electrons. The molecule has 0 bridgehead atoms. The van der Waals surface area contributed by atoms with Gasteiger partial charge in [-0.1, -0.05) is 148 Å². The SMILES string of the molecule is CC/C=C\C/C=C\C/C=C\C/C=C\C/C=C\C=C/C(O)CCC(=O)O[C@H](COC(=O)CCC/C=C\C/C=C\C/C=C\C/C=C\CCCCC)COP(=O)(O)OC[C@@H](O)CO. The molecule has 4 N–H and O–H groups in total. The first-order chi connectivity index (χ1) is 29.1. The van der Waals surface area contributed by atoms with Gasteiger partial charge < -0.3 is 29.7 Å². The number of carbonyl (C=O) groups is 2. The molecule has 0 aromatic heterocycles. The first kappa shape index (κ1) is 56.3. The van der Waals surface area contributed by atoms with E-state index in [1.54, 1.807) is 18.2 Å². The fourth-order valence-electron chi connectivity index (χ4n) is 4.86. The van der Waals surface area contributed by atoms with Gasteiger partial charge in [-0.05, 0) is 83.5 Å². The number of unbranched alkanes of at least 4 members (excludes halogenated alkanes) is 4. The van der Waals surface area contributed by atoms with Gasteiger partial charge in [0.2, 0.25) is 0 Å². The number of phosphoric ester groups is 1. The third kappa shape index (κ3) is 41.1. The number of hydrogen-bond acceptors (Lipinski definition) is 10. The van der Waals surface area contributed by atoms with E-state index in [2.05, 4.69) is 103 Å². The molecule has 0 heterocycles. The van der Waals surface area contributed by atoms with Crippen molar-refractivity contribution in [3.63, 3.8) is 0 Å². The van der Waals surface area contributed by atoms with Crippen LogP contribution in [-0.2, 0) is 32.7 Å². The largest absolute Gasteiger partial charge is 0.472 e. The number of aliphatic hydroxyl groups excluding tert-OH is 3. The number of esters is 2. The molecule has 0 spiro atoms. The maximum absolute atomic E-state index is 12.6. The van der Waals surface area contributed by atoms with Crippen molar-refractivity contribution in [3.05, 3.63) is 122 Å². The molecule has 338 valence electrons. The molecule has 0 amide bonds. The van der Waals surface area contributed by atoms with Crippen molar-refractivity contribution >= 4 is 19.8 Å². The van der Waals surface area contributed by atoms with Gasteiger partial charge in [-0.3, -0.25) is 18.6 Å². The quantitative estimate of drug-likeness (QED) is 0.0153. The molecule has 0 aliphatic carbocycles. The first-order valence-corrected chi connectivity index (χ1v) is 23.1. The Labute approximate surface area is 360 Å². The summed E-state index contributed by atoms with van der Waals surface area (Å²) in [5.41, 5.74) is 0. The van der Waals surface area contributed by atoms with Crippen LogP contribution in [0.2, 0.25) is 0 Å². The first-order valence-electron chi connectivity index (χ1n) is 21.6. The fourth-order valence-corrected chi connectivity index (χ4v) is 5.65. The summed E-state index contributed by atoms with van der Waals surface area (Å²) in [4.78, 5) is 35.0. The van der Waals surface area contributed by atoms with Crippen LogP contribution in [0, 0.1) is 0 Å². The van der Waals surface area contributed by atoms with Crippen LogP contribution in [0.3, 0.4) is 0 Å². The molecular formula is C48H75O11P. The molecule has 0 aromatic rings. The lowest BCUT2D eigenvalue weighted by Gasteiger charge is -2.20. The maximum Gasteiger partial charge on any atom is 0.472 e. The van der Waals surface area contributed by atoms with Crippen molar-refractivity contribution in [1.29, 1.82) is 0 Å². The van der Waals surface area contributed by atoms with E-state index >= 15 is 0 Å². The average molecular weight is 859 g/mol. The Bertz CT molecular complexity index is 1420. The number of rotatable bonds is 38. The van der Waals surface area contributed by atoms with E-state index in [4.69, 9.17) is 19.1 Å². The molecule has 0 aromatic carbocycles. The lowest BCUT2D eigenvalue weighted by atomic mass is 10.2. The zero-order valence-electron chi connectivity index (χ0n) is 36.2. The Morgan fingerprint density at radius 3 is 1.62 bits per heavy atom. The van der Waals surface area contributed by atoms with Crippen LogP contribution >= 0.6 is 7.82 Å². The molecular weight excluding hydrogens is 783 g/mol. The molecule has 12 heteroatoms. The monoisotopic (exact) mass is 859 g/mol. The van der Waals surface area contributed by atoms with Crippen LogP contribution in [0.4, 0.5) is 0 Å². The van der Waals surface area contributed by atoms with E-state index in [0.717, 1.165) is 57.8 Å². The highest BCUT2D eigenvalue weighted by Crippen LogP contribution is 2.43. The van der Waals surface area contributed by atoms with Crippen molar-refractivity contribution < 1.29 is 52.9 Å². The summed E-state index contributed by atoms with van der Waals surface area (Å²) in [6.45, 7) is 1.86. The van der Waals surface area contributed by atoms with Gasteiger partial charge in [-0.25, -0.2) is 4.57 Å². The zero-order valence-corrected chi connectivity index (χ0v) is 37.1. The second kappa shape index (κ2) is 42.0. The van der Waals surface area contributed by atoms with Gasteiger partial charge in [0.25, 0.3) is 0 Å². The highest BCUT2D eigenvalue weighted by molar-refractivity contribution is 7.47. The average Bonchev–Trinajstić information content (AvgIpc) is 3.23. The standard InChI is InChI=1S/C48H75O11P/c1-3-5-7-9-11-13-15-17-19-21-23-25-27-29-31-33-35-37-47(52)56-42-46(43-58-60(54,55)57-41-45(51)40-49)59-48(53)39-38-44(50)36-34-32-30-28-26-24-22-20-18-16-14-12-10-8-6-4-2/h6,8,11-14,17-20,23-26,29-32,34,36,44-46,49-51H,3-5,7,9-10,15-16,21-22,27-28,33,35,37-43H2,1-2H3,(H,54,55)/b8-6-,13-11-,14-12-,19-17-,20-18-,25-23-,26-24-,31-29-,32-30-,36-34-/t44?,45-,46+/m0/s1. The summed E-state index contributed by atoms with van der Waals surface area (Å²) < 4.78 is 32.4. The molecule has 0 saturated heterocycles. The van der Waals surface area contributed by atoms with Gasteiger partial charge >= 0.3 is 19.8 Å². The summed E-state index contributed by atoms with van der Waals surface area (Å²) >= 11 is 0. The second-order valence-corrected chi connectivity index (χ2v) is 15.3. The number of ether oxygens (including phenoxy) is 2. The number of hydrogen-bond donors (Lipinski definition) is 4. The van der Waals surface area contributed by atoms with E-state index in [-0.39, 0.29) is 19.3 Å². The Balaban J connectivity index is 4.66. The molecule has 2 unspecified atom stereocenters. The highest BCUT2D eigenvalue weighted by atomic mass is 31.2. The van der Waals surface area contributed by atoms with Crippen molar-refractivity contribution in [2.45, 2.75) is 141 Å². The zero-order chi connectivity index (χ0) is 44.2. The Kier molecular flexibility index (Phi) is 39.5. The predicted molar refractivity (Wildman–Crippen MR) is 243 cm³/mol. The number of phosphoric acid groups is 1. The maximum atomic E-state index is 12.6. The van der Waals surface area contributed by atoms with Gasteiger partial charge in [0.1, 0.15) is 12.7 Å². The molecule has 0 rings (SSSR count). The molecule has 0 fully saturated rings. The minimum atomic E-state index is -4.71. The lowest BCUT2D eigenvalue weighted by Crippen LogP contribution is -2.30. The van der Waals surface area contributed by atoms with Gasteiger partial charge in [0.15, 0.2) is 6.10 Å². The van der Waals surface area contributed by atoms with Crippen molar-refractivity contribution in [3.8, 4) is 0 Å². The van der Waals surface area contributed by atoms with Gasteiger partial charge in [-0.15, -0.1) is 0 Å². The third-order valence-electron chi connectivity index (χ3n) is 8.22. The normalized spacial score (nSPS) is 15.5. The Morgan fingerprint density at radius 2 is 1.08 bits per heavy atom. The van der Waals surface area contributed by atoms with Gasteiger partial charge in [0.05, 0.1) is 25.9 Å².